The molecule has 342 valence electrons. The number of phosphoric acid groups is 1. The van der Waals surface area contributed by atoms with Gasteiger partial charge < -0.3 is 25.2 Å². The normalized spacial score (nSPS) is 14.4. The first-order valence-corrected chi connectivity index (χ1v) is 24.8. The molecule has 4 N–H and O–H groups in total. The number of nitrogens with two attached hydrogens (primary N) is 1. The number of aliphatic carboxylic acids is 1. The van der Waals surface area contributed by atoms with Crippen LogP contribution in [0.4, 0.5) is 0 Å². The standard InChI is InChI=1S/C48H86NO9P/c1-3-5-7-9-11-13-15-17-19-20-21-22-23-24-25-27-29-31-33-35-37-39-41-55-42-45(43-56-59(53,54)57-44-46(49)48(51)52)58-47(50)40-38-36-34-32-30-28-26-18-16-14-12-10-8-6-4-2/h6,8,12,14,18,26,30,32,36,38,45-46H,3-5,7,9-11,13,15-17,19-25,27-29,31,33-35,37,39-44,49H2,1-2H3,(H,51,52)(H,53,54)/b8-6-,14-12-,26-18-,32-30-,38-36-. The number of rotatable bonds is 44. The van der Waals surface area contributed by atoms with Crippen molar-refractivity contribution in [3.63, 3.8) is 0 Å². The van der Waals surface area contributed by atoms with Crippen molar-refractivity contribution in [1.82, 2.24) is 0 Å². The highest BCUT2D eigenvalue weighted by Gasteiger charge is 2.27. The maximum absolute atomic E-state index is 12.6. The second-order valence-corrected chi connectivity index (χ2v) is 17.0. The number of hydrogen-bond donors (Lipinski definition) is 3. The van der Waals surface area contributed by atoms with Crippen LogP contribution in [0.15, 0.2) is 60.8 Å². The molecule has 0 rings (SSSR count). The highest BCUT2D eigenvalue weighted by molar-refractivity contribution is 7.47. The monoisotopic (exact) mass is 852 g/mol. The number of carboxylic acid groups (broad SMARTS) is 1. The van der Waals surface area contributed by atoms with Gasteiger partial charge in [-0.15, -0.1) is 0 Å². The molecule has 0 aliphatic rings. The van der Waals surface area contributed by atoms with Crippen LogP contribution in [0.2, 0.25) is 0 Å². The molecule has 0 bridgehead atoms. The van der Waals surface area contributed by atoms with Crippen LogP contribution in [0.25, 0.3) is 0 Å². The predicted molar refractivity (Wildman–Crippen MR) is 244 cm³/mol. The number of unbranched alkanes of at least 4 members (excludes halogenated alkanes) is 21. The average molecular weight is 852 g/mol. The molecule has 0 amide bonds. The van der Waals surface area contributed by atoms with Gasteiger partial charge in [-0.2, -0.15) is 0 Å². The SMILES string of the molecule is CC/C=C\C/C=C\C/C=C\C/C=C\C/C=C\CC(=O)OC(COCCCCCCCCCCCCCCCCCCCCCCCC)COP(=O)(O)OCC(N)C(=O)O. The van der Waals surface area contributed by atoms with Crippen LogP contribution in [-0.2, 0) is 32.7 Å². The quantitative estimate of drug-likeness (QED) is 0.0233. The molecule has 3 atom stereocenters. The zero-order chi connectivity index (χ0) is 43.3. The van der Waals surface area contributed by atoms with E-state index in [1.54, 1.807) is 6.08 Å². The highest BCUT2D eigenvalue weighted by atomic mass is 31.2. The predicted octanol–water partition coefficient (Wildman–Crippen LogP) is 13.2. The lowest BCUT2D eigenvalue weighted by atomic mass is 10.0. The van der Waals surface area contributed by atoms with Gasteiger partial charge in [-0.25, -0.2) is 4.57 Å². The summed E-state index contributed by atoms with van der Waals surface area (Å²) < 4.78 is 33.3. The summed E-state index contributed by atoms with van der Waals surface area (Å²) >= 11 is 0. The molecule has 59 heavy (non-hydrogen) atoms. The summed E-state index contributed by atoms with van der Waals surface area (Å²) in [5, 5.41) is 8.90. The molecule has 0 spiro atoms. The number of allylic oxidation sites excluding steroid dienone is 9. The highest BCUT2D eigenvalue weighted by Crippen LogP contribution is 2.43. The zero-order valence-corrected chi connectivity index (χ0v) is 38.2. The Kier molecular flexibility index (Phi) is 42.0. The second-order valence-electron chi connectivity index (χ2n) is 15.5. The molecule has 10 nitrogen and oxygen atoms in total. The van der Waals surface area contributed by atoms with Crippen LogP contribution in [0, 0.1) is 0 Å². The smallest absolute Gasteiger partial charge is 0.472 e. The van der Waals surface area contributed by atoms with Gasteiger partial charge in [0.2, 0.25) is 0 Å². The Labute approximate surface area is 360 Å². The summed E-state index contributed by atoms with van der Waals surface area (Å²) in [6.45, 7) is 3.66. The number of ether oxygens (including phenoxy) is 2. The molecule has 0 aliphatic heterocycles. The minimum Gasteiger partial charge on any atom is -0.480 e. The third kappa shape index (κ3) is 43.6. The molecule has 0 aliphatic carbocycles. The fourth-order valence-corrected chi connectivity index (χ4v) is 7.05. The van der Waals surface area contributed by atoms with E-state index < -0.39 is 45.1 Å². The number of phosphoric ester groups is 1. The summed E-state index contributed by atoms with van der Waals surface area (Å²) in [6, 6.07) is -1.49. The number of carbonyl (C=O) groups excluding carboxylic acids is 1. The molecule has 0 aromatic heterocycles. The van der Waals surface area contributed by atoms with Gasteiger partial charge in [0.1, 0.15) is 12.1 Å². The van der Waals surface area contributed by atoms with Gasteiger partial charge in [0.05, 0.1) is 26.2 Å². The Morgan fingerprint density at radius 2 is 0.915 bits per heavy atom. The van der Waals surface area contributed by atoms with Gasteiger partial charge in [-0.3, -0.25) is 18.6 Å². The van der Waals surface area contributed by atoms with Crippen LogP contribution in [0.3, 0.4) is 0 Å². The van der Waals surface area contributed by atoms with Gasteiger partial charge in [-0.05, 0) is 38.5 Å². The van der Waals surface area contributed by atoms with E-state index in [1.807, 2.05) is 12.2 Å². The summed E-state index contributed by atoms with van der Waals surface area (Å²) in [5.41, 5.74) is 5.35. The summed E-state index contributed by atoms with van der Waals surface area (Å²) in [6.07, 6.45) is 53.2. The van der Waals surface area contributed by atoms with E-state index in [0.717, 1.165) is 44.9 Å². The molecule has 0 saturated carbocycles. The molecule has 0 heterocycles. The minimum absolute atomic E-state index is 0.0181. The fraction of sp³-hybridized carbons (Fsp3) is 0.750. The Morgan fingerprint density at radius 1 is 0.542 bits per heavy atom. The van der Waals surface area contributed by atoms with Gasteiger partial charge in [0.15, 0.2) is 0 Å². The lowest BCUT2D eigenvalue weighted by Crippen LogP contribution is -2.34. The Morgan fingerprint density at radius 3 is 1.32 bits per heavy atom. The van der Waals surface area contributed by atoms with Crippen LogP contribution in [0.5, 0.6) is 0 Å². The summed E-state index contributed by atoms with van der Waals surface area (Å²) in [7, 11) is -4.64. The van der Waals surface area contributed by atoms with Crippen molar-refractivity contribution in [3.05, 3.63) is 60.8 Å². The largest absolute Gasteiger partial charge is 0.480 e. The van der Waals surface area contributed by atoms with E-state index >= 15 is 0 Å². The number of carbonyl (C=O) groups is 2. The second kappa shape index (κ2) is 43.7. The Bertz CT molecular complexity index is 1170. The average Bonchev–Trinajstić information content (AvgIpc) is 3.21. The Balaban J connectivity index is 4.23. The number of hydrogen-bond acceptors (Lipinski definition) is 8. The van der Waals surface area contributed by atoms with Gasteiger partial charge in [0.25, 0.3) is 0 Å². The third-order valence-corrected chi connectivity index (χ3v) is 10.8. The molecule has 0 aromatic rings. The van der Waals surface area contributed by atoms with Crippen molar-refractivity contribution in [2.24, 2.45) is 5.73 Å². The maximum atomic E-state index is 12.6. The van der Waals surface area contributed by atoms with Crippen LogP contribution < -0.4 is 5.73 Å². The summed E-state index contributed by atoms with van der Waals surface area (Å²) in [5.74, 6) is -1.91. The van der Waals surface area contributed by atoms with Gasteiger partial charge in [-0.1, -0.05) is 209 Å². The summed E-state index contributed by atoms with van der Waals surface area (Å²) in [4.78, 5) is 33.5. The van der Waals surface area contributed by atoms with E-state index in [-0.39, 0.29) is 13.0 Å². The molecule has 11 heteroatoms. The minimum atomic E-state index is -4.64. The topological polar surface area (TPSA) is 155 Å². The van der Waals surface area contributed by atoms with Crippen LogP contribution in [-0.4, -0.2) is 60.5 Å². The van der Waals surface area contributed by atoms with E-state index in [4.69, 9.17) is 29.4 Å². The maximum Gasteiger partial charge on any atom is 0.472 e. The molecule has 0 saturated heterocycles. The van der Waals surface area contributed by atoms with Crippen molar-refractivity contribution >= 4 is 19.8 Å². The van der Waals surface area contributed by atoms with E-state index in [9.17, 15) is 19.0 Å². The van der Waals surface area contributed by atoms with Crippen LogP contribution >= 0.6 is 7.82 Å². The Hall–Kier alpha value is -2.33. The first-order valence-electron chi connectivity index (χ1n) is 23.3. The van der Waals surface area contributed by atoms with Crippen molar-refractivity contribution in [3.8, 4) is 0 Å². The molecular formula is C48H86NO9P. The van der Waals surface area contributed by atoms with Crippen molar-refractivity contribution in [1.29, 1.82) is 0 Å². The first-order chi connectivity index (χ1) is 28.7. The van der Waals surface area contributed by atoms with Crippen molar-refractivity contribution in [2.45, 2.75) is 206 Å². The molecule has 0 fully saturated rings. The van der Waals surface area contributed by atoms with E-state index in [2.05, 4.69) is 56.4 Å². The third-order valence-electron chi connectivity index (χ3n) is 9.84. The van der Waals surface area contributed by atoms with Crippen molar-refractivity contribution < 1.29 is 42.7 Å². The number of esters is 1. The fourth-order valence-electron chi connectivity index (χ4n) is 6.27. The molecule has 3 unspecified atom stereocenters. The van der Waals surface area contributed by atoms with E-state index in [0.29, 0.717) is 13.0 Å². The van der Waals surface area contributed by atoms with Crippen molar-refractivity contribution in [2.75, 3.05) is 26.4 Å². The molecular weight excluding hydrogens is 766 g/mol. The lowest BCUT2D eigenvalue weighted by molar-refractivity contribution is -0.153. The lowest BCUT2D eigenvalue weighted by Gasteiger charge is -2.20. The first kappa shape index (κ1) is 56.7. The zero-order valence-electron chi connectivity index (χ0n) is 37.3. The number of carboxylic acids is 1. The molecule has 0 radical (unpaired) electrons. The van der Waals surface area contributed by atoms with E-state index in [1.165, 1.54) is 122 Å². The van der Waals surface area contributed by atoms with Crippen LogP contribution in [0.1, 0.15) is 194 Å². The van der Waals surface area contributed by atoms with Gasteiger partial charge >= 0.3 is 19.8 Å². The molecule has 0 aromatic carbocycles. The van der Waals surface area contributed by atoms with Gasteiger partial charge in [0, 0.05) is 6.61 Å².